The van der Waals surface area contributed by atoms with E-state index in [2.05, 4.69) is 9.47 Å². The summed E-state index contributed by atoms with van der Waals surface area (Å²) in [6, 6.07) is 0. The summed E-state index contributed by atoms with van der Waals surface area (Å²) in [5.41, 5.74) is -2.47. The molecule has 1 fully saturated rings. The second-order valence-electron chi connectivity index (χ2n) is 4.90. The first-order valence-electron chi connectivity index (χ1n) is 6.42. The normalized spacial score (nSPS) is 29.4. The Morgan fingerprint density at radius 3 is 2.74 bits per heavy atom. The van der Waals surface area contributed by atoms with Crippen LogP contribution in [0.5, 0.6) is 0 Å². The number of alkyl halides is 3. The predicted octanol–water partition coefficient (Wildman–Crippen LogP) is -0.530. The van der Waals surface area contributed by atoms with Gasteiger partial charge in [-0.25, -0.2) is 9.36 Å². The highest BCUT2D eigenvalue weighted by atomic mass is 19.3. The lowest BCUT2D eigenvalue weighted by Gasteiger charge is -2.28. The molecule has 0 aromatic carbocycles. The molecule has 7 nitrogen and oxygen atoms in total. The van der Waals surface area contributed by atoms with Crippen LogP contribution < -0.4 is 11.2 Å². The van der Waals surface area contributed by atoms with Gasteiger partial charge in [0.15, 0.2) is 6.10 Å². The van der Waals surface area contributed by atoms with E-state index in [1.807, 2.05) is 5.92 Å². The number of terminal acetylenes is 1. The van der Waals surface area contributed by atoms with Crippen molar-refractivity contribution in [2.45, 2.75) is 31.0 Å². The highest BCUT2D eigenvalue weighted by Gasteiger charge is 2.72. The van der Waals surface area contributed by atoms with Crippen molar-refractivity contribution in [2.24, 2.45) is 0 Å². The van der Waals surface area contributed by atoms with Gasteiger partial charge in [-0.2, -0.15) is 13.2 Å². The Morgan fingerprint density at radius 1 is 1.52 bits per heavy atom. The number of aromatic amines is 1. The van der Waals surface area contributed by atoms with E-state index in [0.717, 1.165) is 0 Å². The zero-order chi connectivity index (χ0) is 17.4. The summed E-state index contributed by atoms with van der Waals surface area (Å²) < 4.78 is 53.0. The van der Waals surface area contributed by atoms with Crippen LogP contribution in [0.25, 0.3) is 0 Å². The number of rotatable bonds is 4. The standard InChI is InChI=1S/C13H13F3N2O5/c1-3-4-22-9-8(6-19)23-13(16,12(9,14)15)18-5-7(2)10(20)17-11(18)21/h1,5,8-9,19H,4,6H2,2H3,(H,17,20,21)/t8-,9-,13+/m1/s1. The molecular formula is C13H13F3N2O5. The van der Waals surface area contributed by atoms with Gasteiger partial charge >= 0.3 is 17.6 Å². The second-order valence-corrected chi connectivity index (χ2v) is 4.90. The fourth-order valence-corrected chi connectivity index (χ4v) is 2.23. The third-order valence-corrected chi connectivity index (χ3v) is 3.37. The lowest BCUT2D eigenvalue weighted by atomic mass is 10.1. The van der Waals surface area contributed by atoms with E-state index in [9.17, 15) is 22.8 Å². The van der Waals surface area contributed by atoms with E-state index in [0.29, 0.717) is 6.20 Å². The minimum atomic E-state index is -4.36. The van der Waals surface area contributed by atoms with E-state index < -0.39 is 48.6 Å². The van der Waals surface area contributed by atoms with Crippen molar-refractivity contribution in [3.63, 3.8) is 0 Å². The minimum Gasteiger partial charge on any atom is -0.394 e. The zero-order valence-electron chi connectivity index (χ0n) is 11.9. The molecule has 0 saturated carbocycles. The van der Waals surface area contributed by atoms with Crippen molar-refractivity contribution >= 4 is 0 Å². The van der Waals surface area contributed by atoms with Crippen LogP contribution in [0.2, 0.25) is 0 Å². The molecule has 1 aliphatic heterocycles. The van der Waals surface area contributed by atoms with E-state index in [1.54, 1.807) is 4.98 Å². The van der Waals surface area contributed by atoms with Gasteiger partial charge in [-0.05, 0) is 6.92 Å². The SMILES string of the molecule is C#CCO[C@@H]1[C@@H](CO)O[C@@](F)(n2cc(C)c(=O)[nH]c2=O)C1(F)F. The summed E-state index contributed by atoms with van der Waals surface area (Å²) in [4.78, 5) is 24.7. The van der Waals surface area contributed by atoms with Crippen molar-refractivity contribution in [1.82, 2.24) is 9.55 Å². The molecule has 0 aliphatic carbocycles. The fraction of sp³-hybridized carbons (Fsp3) is 0.538. The molecular weight excluding hydrogens is 321 g/mol. The van der Waals surface area contributed by atoms with E-state index in [-0.39, 0.29) is 10.1 Å². The number of hydrogen-bond acceptors (Lipinski definition) is 5. The number of aryl methyl sites for hydroxylation is 1. The van der Waals surface area contributed by atoms with Crippen LogP contribution in [0.4, 0.5) is 13.2 Å². The number of ether oxygens (including phenoxy) is 2. The van der Waals surface area contributed by atoms with E-state index in [1.165, 1.54) is 6.92 Å². The molecule has 2 heterocycles. The van der Waals surface area contributed by atoms with Gasteiger partial charge in [-0.3, -0.25) is 9.78 Å². The van der Waals surface area contributed by atoms with Crippen LogP contribution in [-0.4, -0.2) is 46.0 Å². The number of aliphatic hydroxyl groups excluding tert-OH is 1. The Labute approximate surface area is 127 Å². The van der Waals surface area contributed by atoms with Crippen LogP contribution in [0.3, 0.4) is 0 Å². The van der Waals surface area contributed by atoms with Gasteiger partial charge in [0.25, 0.3) is 5.56 Å². The first-order chi connectivity index (χ1) is 10.7. The second kappa shape index (κ2) is 5.84. The van der Waals surface area contributed by atoms with Crippen molar-refractivity contribution in [1.29, 1.82) is 0 Å². The molecule has 23 heavy (non-hydrogen) atoms. The number of aromatic nitrogens is 2. The molecule has 2 N–H and O–H groups in total. The van der Waals surface area contributed by atoms with Crippen molar-refractivity contribution in [2.75, 3.05) is 13.2 Å². The third-order valence-electron chi connectivity index (χ3n) is 3.37. The molecule has 0 radical (unpaired) electrons. The molecule has 126 valence electrons. The Bertz CT molecular complexity index is 753. The van der Waals surface area contributed by atoms with Crippen molar-refractivity contribution < 1.29 is 27.8 Å². The zero-order valence-corrected chi connectivity index (χ0v) is 11.9. The summed E-state index contributed by atoms with van der Waals surface area (Å²) in [6.07, 6.45) is 1.54. The van der Waals surface area contributed by atoms with Gasteiger partial charge in [-0.1, -0.05) is 5.92 Å². The number of hydrogen-bond donors (Lipinski definition) is 2. The van der Waals surface area contributed by atoms with Gasteiger partial charge < -0.3 is 14.6 Å². The summed E-state index contributed by atoms with van der Waals surface area (Å²) in [6.45, 7) is -0.371. The monoisotopic (exact) mass is 334 g/mol. The molecule has 0 amide bonds. The van der Waals surface area contributed by atoms with Gasteiger partial charge in [0.2, 0.25) is 0 Å². The average Bonchev–Trinajstić information content (AvgIpc) is 2.68. The van der Waals surface area contributed by atoms with Gasteiger partial charge in [0.1, 0.15) is 12.7 Å². The van der Waals surface area contributed by atoms with Crippen LogP contribution >= 0.6 is 0 Å². The van der Waals surface area contributed by atoms with E-state index in [4.69, 9.17) is 11.5 Å². The first kappa shape index (κ1) is 17.3. The Morgan fingerprint density at radius 2 is 2.17 bits per heavy atom. The topological polar surface area (TPSA) is 93.5 Å². The van der Waals surface area contributed by atoms with Crippen LogP contribution in [-0.2, 0) is 15.5 Å². The molecule has 1 aromatic heterocycles. The molecule has 10 heteroatoms. The maximum Gasteiger partial charge on any atom is 0.365 e. The van der Waals surface area contributed by atoms with Gasteiger partial charge in [0, 0.05) is 11.8 Å². The number of nitrogens with zero attached hydrogens (tertiary/aromatic N) is 1. The van der Waals surface area contributed by atoms with Crippen LogP contribution in [0.15, 0.2) is 15.8 Å². The smallest absolute Gasteiger partial charge is 0.365 e. The highest BCUT2D eigenvalue weighted by molar-refractivity contribution is 5.07. The number of halogens is 3. The quantitative estimate of drug-likeness (QED) is 0.722. The van der Waals surface area contributed by atoms with Crippen molar-refractivity contribution in [3.05, 3.63) is 32.6 Å². The molecule has 2 rings (SSSR count). The number of nitrogens with one attached hydrogen (secondary N) is 1. The van der Waals surface area contributed by atoms with Crippen LogP contribution in [0, 0.1) is 19.3 Å². The summed E-state index contributed by atoms with van der Waals surface area (Å²) in [7, 11) is 0. The predicted molar refractivity (Wildman–Crippen MR) is 70.6 cm³/mol. The summed E-state index contributed by atoms with van der Waals surface area (Å²) in [5.74, 6) is -6.37. The third kappa shape index (κ3) is 2.56. The summed E-state index contributed by atoms with van der Waals surface area (Å²) >= 11 is 0. The molecule has 0 spiro atoms. The fourth-order valence-electron chi connectivity index (χ4n) is 2.23. The van der Waals surface area contributed by atoms with Crippen molar-refractivity contribution in [3.8, 4) is 12.3 Å². The molecule has 0 unspecified atom stereocenters. The number of H-pyrrole nitrogens is 1. The minimum absolute atomic E-state index is 0.0778. The van der Waals surface area contributed by atoms with E-state index >= 15 is 0 Å². The Hall–Kier alpha value is -2.09. The average molecular weight is 334 g/mol. The molecule has 0 bridgehead atoms. The molecule has 1 saturated heterocycles. The first-order valence-corrected chi connectivity index (χ1v) is 6.42. The maximum absolute atomic E-state index is 14.9. The molecule has 3 atom stereocenters. The Kier molecular flexibility index (Phi) is 4.39. The summed E-state index contributed by atoms with van der Waals surface area (Å²) in [5, 5.41) is 9.11. The lowest BCUT2D eigenvalue weighted by molar-refractivity contribution is -0.298. The maximum atomic E-state index is 14.9. The Balaban J connectivity index is 2.57. The van der Waals surface area contributed by atoms with Gasteiger partial charge in [0.05, 0.1) is 6.61 Å². The van der Waals surface area contributed by atoms with Crippen LogP contribution in [0.1, 0.15) is 5.56 Å². The molecule has 1 aliphatic rings. The largest absolute Gasteiger partial charge is 0.394 e. The highest BCUT2D eigenvalue weighted by Crippen LogP contribution is 2.49. The lowest BCUT2D eigenvalue weighted by Crippen LogP contribution is -2.54. The number of aliphatic hydroxyl groups is 1. The molecule has 1 aromatic rings. The van der Waals surface area contributed by atoms with Gasteiger partial charge in [-0.15, -0.1) is 6.42 Å².